The highest BCUT2D eigenvalue weighted by Gasteiger charge is 2.25. The SMILES string of the molecule is CN=C(NCc1cccc(Br)c1)N1CCOC(c2cnn(C)c2)C1.I. The van der Waals surface area contributed by atoms with Crippen molar-refractivity contribution in [1.82, 2.24) is 20.0 Å². The Morgan fingerprint density at radius 3 is 3.00 bits per heavy atom. The fraction of sp³-hybridized carbons (Fsp3) is 0.412. The van der Waals surface area contributed by atoms with Crippen molar-refractivity contribution in [3.8, 4) is 0 Å². The van der Waals surface area contributed by atoms with Crippen LogP contribution >= 0.6 is 39.9 Å². The molecule has 1 aromatic heterocycles. The zero-order chi connectivity index (χ0) is 16.9. The summed E-state index contributed by atoms with van der Waals surface area (Å²) in [5, 5.41) is 7.67. The zero-order valence-corrected chi connectivity index (χ0v) is 18.3. The molecule has 6 nitrogen and oxygen atoms in total. The molecule has 136 valence electrons. The van der Waals surface area contributed by atoms with E-state index in [4.69, 9.17) is 4.74 Å². The number of aryl methyl sites for hydroxylation is 1. The summed E-state index contributed by atoms with van der Waals surface area (Å²) in [6, 6.07) is 8.27. The molecule has 3 rings (SSSR count). The molecule has 1 aliphatic heterocycles. The summed E-state index contributed by atoms with van der Waals surface area (Å²) in [5.74, 6) is 0.896. The number of aromatic nitrogens is 2. The Morgan fingerprint density at radius 2 is 2.32 bits per heavy atom. The fourth-order valence-corrected chi connectivity index (χ4v) is 3.26. The third-order valence-electron chi connectivity index (χ3n) is 4.01. The van der Waals surface area contributed by atoms with E-state index in [1.54, 1.807) is 4.68 Å². The lowest BCUT2D eigenvalue weighted by Crippen LogP contribution is -2.47. The van der Waals surface area contributed by atoms with Gasteiger partial charge in [-0.1, -0.05) is 28.1 Å². The van der Waals surface area contributed by atoms with Crippen LogP contribution < -0.4 is 5.32 Å². The maximum absolute atomic E-state index is 5.90. The lowest BCUT2D eigenvalue weighted by Gasteiger charge is -2.34. The van der Waals surface area contributed by atoms with E-state index >= 15 is 0 Å². The van der Waals surface area contributed by atoms with Gasteiger partial charge >= 0.3 is 0 Å². The Hall–Kier alpha value is -1.13. The van der Waals surface area contributed by atoms with Crippen molar-refractivity contribution < 1.29 is 4.74 Å². The van der Waals surface area contributed by atoms with Gasteiger partial charge in [-0.3, -0.25) is 9.67 Å². The maximum atomic E-state index is 5.90. The third-order valence-corrected chi connectivity index (χ3v) is 4.51. The highest BCUT2D eigenvalue weighted by Crippen LogP contribution is 2.21. The molecular formula is C17H23BrIN5O. The highest BCUT2D eigenvalue weighted by molar-refractivity contribution is 14.0. The molecule has 0 spiro atoms. The van der Waals surface area contributed by atoms with Crippen LogP contribution in [0, 0.1) is 0 Å². The smallest absolute Gasteiger partial charge is 0.194 e. The van der Waals surface area contributed by atoms with Crippen LogP contribution in [-0.4, -0.2) is 47.4 Å². The highest BCUT2D eigenvalue weighted by atomic mass is 127. The number of nitrogens with zero attached hydrogens (tertiary/aromatic N) is 4. The van der Waals surface area contributed by atoms with Crippen LogP contribution in [0.5, 0.6) is 0 Å². The summed E-state index contributed by atoms with van der Waals surface area (Å²) in [7, 11) is 3.74. The Kier molecular flexibility index (Phi) is 7.70. The molecule has 1 aliphatic rings. The van der Waals surface area contributed by atoms with Gasteiger partial charge < -0.3 is 15.0 Å². The largest absolute Gasteiger partial charge is 0.370 e. The van der Waals surface area contributed by atoms with E-state index in [2.05, 4.69) is 48.4 Å². The second-order valence-electron chi connectivity index (χ2n) is 5.78. The van der Waals surface area contributed by atoms with Crippen LogP contribution in [0.15, 0.2) is 46.1 Å². The molecule has 0 saturated carbocycles. The molecule has 2 aromatic rings. The van der Waals surface area contributed by atoms with Crippen LogP contribution in [0.2, 0.25) is 0 Å². The van der Waals surface area contributed by atoms with Gasteiger partial charge in [0.05, 0.1) is 19.3 Å². The molecule has 8 heteroatoms. The van der Waals surface area contributed by atoms with Crippen LogP contribution in [-0.2, 0) is 18.3 Å². The Morgan fingerprint density at radius 1 is 1.48 bits per heavy atom. The van der Waals surface area contributed by atoms with E-state index in [0.717, 1.165) is 35.6 Å². The predicted molar refractivity (Wildman–Crippen MR) is 113 cm³/mol. The monoisotopic (exact) mass is 519 g/mol. The van der Waals surface area contributed by atoms with Gasteiger partial charge in [-0.15, -0.1) is 24.0 Å². The molecule has 1 fully saturated rings. The summed E-state index contributed by atoms with van der Waals surface area (Å²) in [4.78, 5) is 6.66. The number of rotatable bonds is 3. The van der Waals surface area contributed by atoms with Crippen LogP contribution in [0.25, 0.3) is 0 Å². The minimum absolute atomic E-state index is 0. The third kappa shape index (κ3) is 5.42. The molecular weight excluding hydrogens is 497 g/mol. The number of hydrogen-bond donors (Lipinski definition) is 1. The number of ether oxygens (including phenoxy) is 1. The Balaban J connectivity index is 0.00000225. The number of halogens is 2. The van der Waals surface area contributed by atoms with Gasteiger partial charge in [0.1, 0.15) is 6.10 Å². The van der Waals surface area contributed by atoms with Crippen molar-refractivity contribution in [1.29, 1.82) is 0 Å². The lowest BCUT2D eigenvalue weighted by molar-refractivity contribution is -0.00805. The van der Waals surface area contributed by atoms with Gasteiger partial charge in [-0.2, -0.15) is 5.10 Å². The predicted octanol–water partition coefficient (Wildman–Crippen LogP) is 2.95. The van der Waals surface area contributed by atoms with Gasteiger partial charge in [0.15, 0.2) is 5.96 Å². The van der Waals surface area contributed by atoms with E-state index in [9.17, 15) is 0 Å². The molecule has 0 amide bonds. The molecule has 0 bridgehead atoms. The first kappa shape index (κ1) is 20.2. The maximum Gasteiger partial charge on any atom is 0.194 e. The molecule has 2 heterocycles. The van der Waals surface area contributed by atoms with Crippen LogP contribution in [0.3, 0.4) is 0 Å². The number of guanidine groups is 1. The topological polar surface area (TPSA) is 54.7 Å². The van der Waals surface area contributed by atoms with Gasteiger partial charge in [-0.05, 0) is 17.7 Å². The summed E-state index contributed by atoms with van der Waals surface area (Å²) in [5.41, 5.74) is 2.31. The second-order valence-corrected chi connectivity index (χ2v) is 6.70. The van der Waals surface area contributed by atoms with Crippen molar-refractivity contribution in [2.75, 3.05) is 26.7 Å². The first-order valence-corrected chi connectivity index (χ1v) is 8.75. The van der Waals surface area contributed by atoms with Crippen molar-refractivity contribution in [3.05, 3.63) is 52.3 Å². The zero-order valence-electron chi connectivity index (χ0n) is 14.4. The Bertz CT molecular complexity index is 721. The summed E-state index contributed by atoms with van der Waals surface area (Å²) < 4.78 is 8.78. The molecule has 0 radical (unpaired) electrons. The van der Waals surface area contributed by atoms with E-state index in [1.807, 2.05) is 38.6 Å². The summed E-state index contributed by atoms with van der Waals surface area (Å²) in [6.45, 7) is 3.01. The number of hydrogen-bond acceptors (Lipinski definition) is 3. The quantitative estimate of drug-likeness (QED) is 0.385. The number of aliphatic imine (C=N–C) groups is 1. The van der Waals surface area contributed by atoms with Crippen molar-refractivity contribution in [3.63, 3.8) is 0 Å². The van der Waals surface area contributed by atoms with Crippen molar-refractivity contribution in [2.24, 2.45) is 12.0 Å². The second kappa shape index (κ2) is 9.54. The van der Waals surface area contributed by atoms with Gasteiger partial charge in [0.25, 0.3) is 0 Å². The minimum atomic E-state index is 0. The lowest BCUT2D eigenvalue weighted by atomic mass is 10.1. The van der Waals surface area contributed by atoms with Gasteiger partial charge in [-0.25, -0.2) is 0 Å². The summed E-state index contributed by atoms with van der Waals surface area (Å²) >= 11 is 3.51. The molecule has 1 atom stereocenters. The van der Waals surface area contributed by atoms with E-state index in [-0.39, 0.29) is 30.1 Å². The number of nitrogens with one attached hydrogen (secondary N) is 1. The average molecular weight is 520 g/mol. The fourth-order valence-electron chi connectivity index (χ4n) is 2.81. The van der Waals surface area contributed by atoms with Crippen molar-refractivity contribution in [2.45, 2.75) is 12.6 Å². The molecule has 1 unspecified atom stereocenters. The van der Waals surface area contributed by atoms with Crippen molar-refractivity contribution >= 4 is 45.9 Å². The van der Waals surface area contributed by atoms with Crippen LogP contribution in [0.4, 0.5) is 0 Å². The molecule has 0 aliphatic carbocycles. The normalized spacial score (nSPS) is 18.0. The summed E-state index contributed by atoms with van der Waals surface area (Å²) in [6.07, 6.45) is 3.90. The molecule has 25 heavy (non-hydrogen) atoms. The van der Waals surface area contributed by atoms with E-state index in [1.165, 1.54) is 5.56 Å². The molecule has 1 N–H and O–H groups in total. The average Bonchev–Trinajstić information content (AvgIpc) is 3.02. The molecule has 1 saturated heterocycles. The number of morpholine rings is 1. The minimum Gasteiger partial charge on any atom is -0.370 e. The van der Waals surface area contributed by atoms with E-state index in [0.29, 0.717) is 6.61 Å². The van der Waals surface area contributed by atoms with Gasteiger partial charge in [0, 0.05) is 43.4 Å². The van der Waals surface area contributed by atoms with Crippen LogP contribution in [0.1, 0.15) is 17.2 Å². The number of benzene rings is 1. The molecule has 1 aromatic carbocycles. The Labute approximate surface area is 173 Å². The van der Waals surface area contributed by atoms with Gasteiger partial charge in [0.2, 0.25) is 0 Å². The first-order valence-electron chi connectivity index (χ1n) is 7.96. The standard InChI is InChI=1S/C17H22BrN5O.HI/c1-19-17(20-9-13-4-3-5-15(18)8-13)23-6-7-24-16(12-23)14-10-21-22(2)11-14;/h3-5,8,10-11,16H,6-7,9,12H2,1-2H3,(H,19,20);1H. The van der Waals surface area contributed by atoms with E-state index < -0.39 is 0 Å². The first-order chi connectivity index (χ1) is 11.7.